The molecule has 1 fully saturated rings. The molecule has 1 aliphatic heterocycles. The van der Waals surface area contributed by atoms with Gasteiger partial charge in [-0.2, -0.15) is 0 Å². The molecule has 0 bridgehead atoms. The third-order valence-electron chi connectivity index (χ3n) is 5.13. The van der Waals surface area contributed by atoms with Gasteiger partial charge in [0.1, 0.15) is 6.61 Å². The number of ether oxygens (including phenoxy) is 1. The number of hydrogen-bond donors (Lipinski definition) is 1. The number of nitrogens with zero attached hydrogens (tertiary/aromatic N) is 1. The molecule has 0 saturated heterocycles. The van der Waals surface area contributed by atoms with Crippen LogP contribution >= 0.6 is 0 Å². The lowest BCUT2D eigenvalue weighted by molar-refractivity contribution is -0.116. The zero-order valence-corrected chi connectivity index (χ0v) is 13.7. The summed E-state index contributed by atoms with van der Waals surface area (Å²) in [5, 5.41) is 2.89. The molecule has 0 aromatic heterocycles. The van der Waals surface area contributed by atoms with Gasteiger partial charge in [0.2, 0.25) is 5.91 Å². The van der Waals surface area contributed by atoms with E-state index in [0.717, 1.165) is 36.8 Å². The van der Waals surface area contributed by atoms with Crippen molar-refractivity contribution in [1.29, 1.82) is 0 Å². The van der Waals surface area contributed by atoms with Crippen LogP contribution < -0.4 is 5.32 Å². The van der Waals surface area contributed by atoms with Crippen LogP contribution in [0, 0.1) is 0 Å². The molecule has 5 heteroatoms. The number of hydrogen-bond acceptors (Lipinski definition) is 3. The van der Waals surface area contributed by atoms with Crippen molar-refractivity contribution in [2.24, 2.45) is 0 Å². The van der Waals surface area contributed by atoms with Crippen LogP contribution in [0.5, 0.6) is 0 Å². The second kappa shape index (κ2) is 6.30. The van der Waals surface area contributed by atoms with Gasteiger partial charge < -0.3 is 15.0 Å². The standard InChI is InChI=1S/C19H22N2O3/c22-18-17-10-16(7-6-14(17)11-20-18)21(15-8-9-15)19(23)24-12-13-4-2-1-3-5-13/h1-5,15-16H,6-12H2,(H,20,22). The fraction of sp³-hybridized carbons (Fsp3) is 0.474. The van der Waals surface area contributed by atoms with Crippen LogP contribution in [-0.4, -0.2) is 35.5 Å². The summed E-state index contributed by atoms with van der Waals surface area (Å²) in [5.41, 5.74) is 3.11. The van der Waals surface area contributed by atoms with Crippen molar-refractivity contribution in [2.45, 2.75) is 50.8 Å². The molecule has 1 heterocycles. The lowest BCUT2D eigenvalue weighted by Crippen LogP contribution is -2.44. The molecule has 2 amide bonds. The number of carbonyl (C=O) groups excluding carboxylic acids is 2. The van der Waals surface area contributed by atoms with E-state index in [1.54, 1.807) is 0 Å². The van der Waals surface area contributed by atoms with E-state index in [9.17, 15) is 9.59 Å². The maximum Gasteiger partial charge on any atom is 0.410 e. The lowest BCUT2D eigenvalue weighted by atomic mass is 9.89. The first-order chi connectivity index (χ1) is 11.7. The zero-order valence-electron chi connectivity index (χ0n) is 13.7. The Morgan fingerprint density at radius 2 is 1.96 bits per heavy atom. The highest BCUT2D eigenvalue weighted by Gasteiger charge is 2.41. The molecule has 4 rings (SSSR count). The zero-order chi connectivity index (χ0) is 16.5. The summed E-state index contributed by atoms with van der Waals surface area (Å²) in [4.78, 5) is 26.5. The summed E-state index contributed by atoms with van der Waals surface area (Å²) in [6.07, 6.45) is 4.31. The van der Waals surface area contributed by atoms with Crippen molar-refractivity contribution < 1.29 is 14.3 Å². The second-order valence-electron chi connectivity index (χ2n) is 6.84. The van der Waals surface area contributed by atoms with Crippen molar-refractivity contribution >= 4 is 12.0 Å². The van der Waals surface area contributed by atoms with Gasteiger partial charge in [0.25, 0.3) is 0 Å². The fourth-order valence-electron chi connectivity index (χ4n) is 3.70. The molecular weight excluding hydrogens is 304 g/mol. The topological polar surface area (TPSA) is 58.6 Å². The van der Waals surface area contributed by atoms with Crippen molar-refractivity contribution in [1.82, 2.24) is 10.2 Å². The van der Waals surface area contributed by atoms with E-state index in [2.05, 4.69) is 5.32 Å². The molecule has 2 aliphatic carbocycles. The van der Waals surface area contributed by atoms with Crippen LogP contribution in [0.3, 0.4) is 0 Å². The average Bonchev–Trinajstić information content (AvgIpc) is 3.38. The van der Waals surface area contributed by atoms with Gasteiger partial charge in [0.05, 0.1) is 0 Å². The average molecular weight is 326 g/mol. The molecule has 1 N–H and O–H groups in total. The first-order valence-corrected chi connectivity index (χ1v) is 8.70. The summed E-state index contributed by atoms with van der Waals surface area (Å²) < 4.78 is 5.55. The summed E-state index contributed by atoms with van der Waals surface area (Å²) in [6.45, 7) is 0.979. The van der Waals surface area contributed by atoms with Crippen LogP contribution in [0.15, 0.2) is 41.5 Å². The van der Waals surface area contributed by atoms with Gasteiger partial charge in [-0.1, -0.05) is 30.3 Å². The van der Waals surface area contributed by atoms with Crippen LogP contribution in [-0.2, 0) is 16.1 Å². The molecule has 1 aromatic rings. The van der Waals surface area contributed by atoms with E-state index in [4.69, 9.17) is 4.74 Å². The third-order valence-corrected chi connectivity index (χ3v) is 5.13. The smallest absolute Gasteiger partial charge is 0.410 e. The Balaban J connectivity index is 1.43. The van der Waals surface area contributed by atoms with Crippen LogP contribution in [0.1, 0.15) is 37.7 Å². The van der Waals surface area contributed by atoms with Crippen molar-refractivity contribution in [3.8, 4) is 0 Å². The molecule has 126 valence electrons. The van der Waals surface area contributed by atoms with Crippen molar-refractivity contribution in [3.63, 3.8) is 0 Å². The molecule has 1 unspecified atom stereocenters. The van der Waals surface area contributed by atoms with Gasteiger partial charge in [-0.15, -0.1) is 0 Å². The Morgan fingerprint density at radius 1 is 1.17 bits per heavy atom. The highest BCUT2D eigenvalue weighted by atomic mass is 16.6. The number of nitrogens with one attached hydrogen (secondary N) is 1. The summed E-state index contributed by atoms with van der Waals surface area (Å²) >= 11 is 0. The number of amides is 2. The SMILES string of the molecule is O=C1NCC2=C1CC(N(C(=O)OCc1ccccc1)C1CC1)CC2. The van der Waals surface area contributed by atoms with E-state index >= 15 is 0 Å². The molecule has 3 aliphatic rings. The molecule has 1 saturated carbocycles. The summed E-state index contributed by atoms with van der Waals surface area (Å²) in [7, 11) is 0. The molecule has 0 spiro atoms. The predicted molar refractivity (Wildman–Crippen MR) is 89.2 cm³/mol. The maximum absolute atomic E-state index is 12.7. The Hall–Kier alpha value is -2.30. The number of carbonyl (C=O) groups is 2. The Labute approximate surface area is 141 Å². The van der Waals surface area contributed by atoms with Crippen LogP contribution in [0.2, 0.25) is 0 Å². The number of benzene rings is 1. The summed E-state index contributed by atoms with van der Waals surface area (Å²) in [5.74, 6) is 0.0445. The maximum atomic E-state index is 12.7. The van der Waals surface area contributed by atoms with Gasteiger partial charge in [0.15, 0.2) is 0 Å². The molecule has 0 radical (unpaired) electrons. The quantitative estimate of drug-likeness (QED) is 0.925. The van der Waals surface area contributed by atoms with E-state index in [1.807, 2.05) is 35.2 Å². The fourth-order valence-corrected chi connectivity index (χ4v) is 3.70. The number of rotatable bonds is 4. The lowest BCUT2D eigenvalue weighted by Gasteiger charge is -2.34. The van der Waals surface area contributed by atoms with E-state index in [0.29, 0.717) is 19.6 Å². The van der Waals surface area contributed by atoms with Crippen LogP contribution in [0.4, 0.5) is 4.79 Å². The monoisotopic (exact) mass is 326 g/mol. The first-order valence-electron chi connectivity index (χ1n) is 8.70. The van der Waals surface area contributed by atoms with E-state index in [-0.39, 0.29) is 24.1 Å². The van der Waals surface area contributed by atoms with Crippen molar-refractivity contribution in [2.75, 3.05) is 6.54 Å². The molecule has 1 atom stereocenters. The highest BCUT2D eigenvalue weighted by Crippen LogP contribution is 2.37. The van der Waals surface area contributed by atoms with Gasteiger partial charge >= 0.3 is 6.09 Å². The van der Waals surface area contributed by atoms with E-state index < -0.39 is 0 Å². The van der Waals surface area contributed by atoms with Gasteiger partial charge in [-0.3, -0.25) is 4.79 Å². The van der Waals surface area contributed by atoms with Crippen LogP contribution in [0.25, 0.3) is 0 Å². The molecule has 24 heavy (non-hydrogen) atoms. The minimum absolute atomic E-state index is 0.0445. The predicted octanol–water partition coefficient (Wildman–Crippen LogP) is 2.77. The van der Waals surface area contributed by atoms with Gasteiger partial charge in [-0.25, -0.2) is 4.79 Å². The van der Waals surface area contributed by atoms with Gasteiger partial charge in [0, 0.05) is 24.2 Å². The third kappa shape index (κ3) is 3.03. The minimum Gasteiger partial charge on any atom is -0.445 e. The van der Waals surface area contributed by atoms with Crippen molar-refractivity contribution in [3.05, 3.63) is 47.0 Å². The Morgan fingerprint density at radius 3 is 2.71 bits per heavy atom. The largest absolute Gasteiger partial charge is 0.445 e. The first kappa shape index (κ1) is 15.2. The molecule has 1 aromatic carbocycles. The summed E-state index contributed by atoms with van der Waals surface area (Å²) in [6, 6.07) is 10.1. The minimum atomic E-state index is -0.242. The molecular formula is C19H22N2O3. The normalized spacial score (nSPS) is 22.8. The Bertz CT molecular complexity index is 679. The second-order valence-corrected chi connectivity index (χ2v) is 6.84. The van der Waals surface area contributed by atoms with E-state index in [1.165, 1.54) is 5.57 Å². The Kier molecular flexibility index (Phi) is 4.00. The molecule has 5 nitrogen and oxygen atoms in total. The highest BCUT2D eigenvalue weighted by molar-refractivity contribution is 5.97. The van der Waals surface area contributed by atoms with Gasteiger partial charge in [-0.05, 0) is 43.2 Å².